The molecule has 102 valence electrons. The molecule has 1 aliphatic heterocycles. The summed E-state index contributed by atoms with van der Waals surface area (Å²) in [6.45, 7) is 2.72. The fourth-order valence-electron chi connectivity index (χ4n) is 2.85. The van der Waals surface area contributed by atoms with Crippen molar-refractivity contribution in [3.63, 3.8) is 0 Å². The predicted molar refractivity (Wildman–Crippen MR) is 73.9 cm³/mol. The van der Waals surface area contributed by atoms with Gasteiger partial charge in [-0.25, -0.2) is 4.98 Å². The van der Waals surface area contributed by atoms with Crippen LogP contribution >= 0.6 is 0 Å². The molecule has 3 rings (SSSR count). The van der Waals surface area contributed by atoms with Gasteiger partial charge in [-0.3, -0.25) is 0 Å². The van der Waals surface area contributed by atoms with Crippen LogP contribution in [0.5, 0.6) is 0 Å². The Balaban J connectivity index is 1.79. The molecule has 19 heavy (non-hydrogen) atoms. The molecule has 1 aliphatic rings. The number of ether oxygens (including phenoxy) is 1. The molecule has 2 heterocycles. The Morgan fingerprint density at radius 2 is 2.26 bits per heavy atom. The number of nitrogens with zero attached hydrogens (tertiary/aromatic N) is 2. The van der Waals surface area contributed by atoms with E-state index in [-0.39, 0.29) is 18.1 Å². The van der Waals surface area contributed by atoms with Crippen molar-refractivity contribution in [3.05, 3.63) is 30.1 Å². The fraction of sp³-hybridized carbons (Fsp3) is 0.533. The largest absolute Gasteiger partial charge is 0.392 e. The number of aryl methyl sites for hydroxylation is 1. The van der Waals surface area contributed by atoms with Crippen LogP contribution in [0.4, 0.5) is 0 Å². The highest BCUT2D eigenvalue weighted by Gasteiger charge is 2.29. The smallest absolute Gasteiger partial charge is 0.112 e. The monoisotopic (exact) mass is 260 g/mol. The molecule has 0 bridgehead atoms. The summed E-state index contributed by atoms with van der Waals surface area (Å²) in [5.74, 6) is 1.17. The van der Waals surface area contributed by atoms with Crippen LogP contribution in [0, 0.1) is 5.92 Å². The molecule has 1 fully saturated rings. The van der Waals surface area contributed by atoms with Gasteiger partial charge in [0.05, 0.1) is 29.8 Å². The van der Waals surface area contributed by atoms with Crippen LogP contribution in [-0.2, 0) is 18.2 Å². The van der Waals surface area contributed by atoms with Gasteiger partial charge in [-0.05, 0) is 25.5 Å². The normalized spacial score (nSPS) is 25.0. The van der Waals surface area contributed by atoms with E-state index in [4.69, 9.17) is 4.74 Å². The Kier molecular flexibility index (Phi) is 3.29. The molecule has 3 atom stereocenters. The summed E-state index contributed by atoms with van der Waals surface area (Å²) in [4.78, 5) is 4.60. The second-order valence-electron chi connectivity index (χ2n) is 5.49. The van der Waals surface area contributed by atoms with Gasteiger partial charge in [0.25, 0.3) is 0 Å². The summed E-state index contributed by atoms with van der Waals surface area (Å²) in [7, 11) is 2.01. The molecule has 4 nitrogen and oxygen atoms in total. The molecule has 1 saturated heterocycles. The van der Waals surface area contributed by atoms with Gasteiger partial charge in [-0.2, -0.15) is 0 Å². The van der Waals surface area contributed by atoms with E-state index in [1.807, 2.05) is 25.2 Å². The van der Waals surface area contributed by atoms with E-state index >= 15 is 0 Å². The maximum Gasteiger partial charge on any atom is 0.112 e. The van der Waals surface area contributed by atoms with Crippen LogP contribution < -0.4 is 0 Å². The Labute approximate surface area is 113 Å². The number of aliphatic hydroxyl groups excluding tert-OH is 1. The van der Waals surface area contributed by atoms with Crippen molar-refractivity contribution in [2.45, 2.75) is 32.0 Å². The highest BCUT2D eigenvalue weighted by molar-refractivity contribution is 5.75. The number of aliphatic hydroxyl groups is 1. The van der Waals surface area contributed by atoms with Crippen molar-refractivity contribution in [2.24, 2.45) is 13.0 Å². The van der Waals surface area contributed by atoms with Crippen LogP contribution in [0.15, 0.2) is 24.3 Å². The highest BCUT2D eigenvalue weighted by atomic mass is 16.5. The summed E-state index contributed by atoms with van der Waals surface area (Å²) in [5.41, 5.74) is 2.10. The quantitative estimate of drug-likeness (QED) is 0.917. The standard InChI is InChI=1S/C15H20N2O2/c1-10-7-11(9-19-10)14(18)8-15-16-12-5-3-4-6-13(12)17(15)2/h3-6,10-11,14,18H,7-9H2,1-2H3. The molecule has 4 heteroatoms. The lowest BCUT2D eigenvalue weighted by Crippen LogP contribution is -2.24. The summed E-state index contributed by atoms with van der Waals surface area (Å²) in [6.07, 6.45) is 1.41. The van der Waals surface area contributed by atoms with Crippen molar-refractivity contribution >= 4 is 11.0 Å². The first-order valence-electron chi connectivity index (χ1n) is 6.85. The fourth-order valence-corrected chi connectivity index (χ4v) is 2.85. The van der Waals surface area contributed by atoms with Gasteiger partial charge in [0, 0.05) is 19.4 Å². The van der Waals surface area contributed by atoms with Gasteiger partial charge < -0.3 is 14.4 Å². The molecular formula is C15H20N2O2. The summed E-state index contributed by atoms with van der Waals surface area (Å²) >= 11 is 0. The highest BCUT2D eigenvalue weighted by Crippen LogP contribution is 2.25. The van der Waals surface area contributed by atoms with Crippen LogP contribution in [0.3, 0.4) is 0 Å². The van der Waals surface area contributed by atoms with Crippen molar-refractivity contribution in [1.29, 1.82) is 0 Å². The Morgan fingerprint density at radius 3 is 2.95 bits per heavy atom. The van der Waals surface area contributed by atoms with E-state index in [9.17, 15) is 5.11 Å². The maximum atomic E-state index is 10.3. The molecule has 0 aliphatic carbocycles. The molecule has 1 N–H and O–H groups in total. The number of imidazole rings is 1. The van der Waals surface area contributed by atoms with Crippen molar-refractivity contribution in [3.8, 4) is 0 Å². The minimum Gasteiger partial charge on any atom is -0.392 e. The molecule has 2 aromatic rings. The SMILES string of the molecule is CC1CC(C(O)Cc2nc3ccccc3n2C)CO1. The van der Waals surface area contributed by atoms with Gasteiger partial charge in [0.15, 0.2) is 0 Å². The summed E-state index contributed by atoms with van der Waals surface area (Å²) < 4.78 is 7.59. The van der Waals surface area contributed by atoms with E-state index in [2.05, 4.69) is 22.5 Å². The molecular weight excluding hydrogens is 240 g/mol. The minimum atomic E-state index is -0.375. The molecule has 3 unspecified atom stereocenters. The first-order chi connectivity index (χ1) is 9.15. The third-order valence-corrected chi connectivity index (χ3v) is 4.05. The zero-order chi connectivity index (χ0) is 13.4. The Bertz CT molecular complexity index is 579. The topological polar surface area (TPSA) is 47.3 Å². The maximum absolute atomic E-state index is 10.3. The van der Waals surface area contributed by atoms with Gasteiger partial charge >= 0.3 is 0 Å². The van der Waals surface area contributed by atoms with E-state index in [1.54, 1.807) is 0 Å². The van der Waals surface area contributed by atoms with E-state index < -0.39 is 0 Å². The number of fused-ring (bicyclic) bond motifs is 1. The molecule has 0 saturated carbocycles. The third kappa shape index (κ3) is 2.38. The zero-order valence-electron chi connectivity index (χ0n) is 11.4. The molecule has 0 radical (unpaired) electrons. The van der Waals surface area contributed by atoms with Gasteiger partial charge in [0.1, 0.15) is 5.82 Å². The van der Waals surface area contributed by atoms with Gasteiger partial charge in [-0.1, -0.05) is 12.1 Å². The second-order valence-corrected chi connectivity index (χ2v) is 5.49. The van der Waals surface area contributed by atoms with E-state index in [0.717, 1.165) is 23.3 Å². The molecule has 0 spiro atoms. The lowest BCUT2D eigenvalue weighted by atomic mass is 9.97. The summed E-state index contributed by atoms with van der Waals surface area (Å²) in [6, 6.07) is 8.06. The first-order valence-corrected chi connectivity index (χ1v) is 6.85. The average Bonchev–Trinajstić information content (AvgIpc) is 2.96. The van der Waals surface area contributed by atoms with E-state index in [0.29, 0.717) is 13.0 Å². The van der Waals surface area contributed by atoms with Gasteiger partial charge in [-0.15, -0.1) is 0 Å². The zero-order valence-corrected chi connectivity index (χ0v) is 11.4. The lowest BCUT2D eigenvalue weighted by Gasteiger charge is -2.16. The number of para-hydroxylation sites is 2. The third-order valence-electron chi connectivity index (χ3n) is 4.05. The van der Waals surface area contributed by atoms with Crippen LogP contribution in [0.2, 0.25) is 0 Å². The van der Waals surface area contributed by atoms with Crippen LogP contribution in [-0.4, -0.2) is 33.5 Å². The average molecular weight is 260 g/mol. The van der Waals surface area contributed by atoms with Crippen LogP contribution in [0.25, 0.3) is 11.0 Å². The predicted octanol–water partition coefficient (Wildman–Crippen LogP) is 1.90. The van der Waals surface area contributed by atoms with Crippen molar-refractivity contribution in [1.82, 2.24) is 9.55 Å². The van der Waals surface area contributed by atoms with E-state index in [1.165, 1.54) is 0 Å². The number of benzene rings is 1. The number of hydrogen-bond acceptors (Lipinski definition) is 3. The Morgan fingerprint density at radius 1 is 1.47 bits per heavy atom. The molecule has 1 aromatic heterocycles. The second kappa shape index (κ2) is 4.94. The number of hydrogen-bond donors (Lipinski definition) is 1. The Hall–Kier alpha value is -1.39. The number of rotatable bonds is 3. The minimum absolute atomic E-state index is 0.231. The molecule has 0 amide bonds. The van der Waals surface area contributed by atoms with Gasteiger partial charge in [0.2, 0.25) is 0 Å². The lowest BCUT2D eigenvalue weighted by molar-refractivity contribution is 0.0793. The van der Waals surface area contributed by atoms with Crippen molar-refractivity contribution in [2.75, 3.05) is 6.61 Å². The van der Waals surface area contributed by atoms with Crippen molar-refractivity contribution < 1.29 is 9.84 Å². The molecule has 1 aromatic carbocycles. The number of aromatic nitrogens is 2. The van der Waals surface area contributed by atoms with Crippen LogP contribution in [0.1, 0.15) is 19.2 Å². The summed E-state index contributed by atoms with van der Waals surface area (Å²) in [5, 5.41) is 10.3. The first kappa shape index (κ1) is 12.6.